The van der Waals surface area contributed by atoms with E-state index < -0.39 is 6.10 Å². The minimum Gasteiger partial charge on any atom is -0.389 e. The fraction of sp³-hybridized carbons (Fsp3) is 1.00. The molecule has 0 aromatic rings. The Labute approximate surface area is 128 Å². The summed E-state index contributed by atoms with van der Waals surface area (Å²) < 4.78 is 15.3. The zero-order valence-electron chi connectivity index (χ0n) is 13.6. The molecule has 0 saturated carbocycles. The predicted molar refractivity (Wildman–Crippen MR) is 82.6 cm³/mol. The lowest BCUT2D eigenvalue weighted by molar-refractivity contribution is -0.00573. The van der Waals surface area contributed by atoms with Crippen molar-refractivity contribution in [3.8, 4) is 0 Å². The molecule has 6 heteroatoms. The van der Waals surface area contributed by atoms with Crippen molar-refractivity contribution >= 4 is 0 Å². The van der Waals surface area contributed by atoms with Gasteiger partial charge in [-0.2, -0.15) is 0 Å². The highest BCUT2D eigenvalue weighted by Gasteiger charge is 2.21. The van der Waals surface area contributed by atoms with Gasteiger partial charge in [0.1, 0.15) is 0 Å². The molecule has 1 aliphatic heterocycles. The number of aliphatic hydroxyl groups is 1. The molecular formula is C15H32N2O4. The van der Waals surface area contributed by atoms with Crippen LogP contribution in [0.5, 0.6) is 0 Å². The fourth-order valence-electron chi connectivity index (χ4n) is 2.68. The van der Waals surface area contributed by atoms with Crippen LogP contribution in [0, 0.1) is 5.92 Å². The fourth-order valence-corrected chi connectivity index (χ4v) is 2.68. The summed E-state index contributed by atoms with van der Waals surface area (Å²) in [7, 11) is 3.37. The molecule has 0 aromatic heterocycles. The highest BCUT2D eigenvalue weighted by molar-refractivity contribution is 4.76. The molecule has 2 atom stereocenters. The third-order valence-corrected chi connectivity index (χ3v) is 3.73. The summed E-state index contributed by atoms with van der Waals surface area (Å²) in [5.41, 5.74) is 0. The highest BCUT2D eigenvalue weighted by atomic mass is 16.5. The summed E-state index contributed by atoms with van der Waals surface area (Å²) in [5, 5.41) is 13.4. The first-order valence-electron chi connectivity index (χ1n) is 7.93. The first kappa shape index (κ1) is 18.8. The van der Waals surface area contributed by atoms with Crippen LogP contribution in [0.4, 0.5) is 0 Å². The van der Waals surface area contributed by atoms with Crippen molar-refractivity contribution in [1.82, 2.24) is 10.2 Å². The number of nitrogens with zero attached hydrogens (tertiary/aromatic N) is 1. The van der Waals surface area contributed by atoms with E-state index in [9.17, 15) is 5.11 Å². The number of nitrogens with one attached hydrogen (secondary N) is 1. The van der Waals surface area contributed by atoms with Crippen molar-refractivity contribution in [1.29, 1.82) is 0 Å². The number of hydrogen-bond acceptors (Lipinski definition) is 6. The Morgan fingerprint density at radius 1 is 1.24 bits per heavy atom. The van der Waals surface area contributed by atoms with E-state index in [1.807, 2.05) is 0 Å². The van der Waals surface area contributed by atoms with Crippen LogP contribution in [0.15, 0.2) is 0 Å². The Bertz CT molecular complexity index is 242. The van der Waals surface area contributed by atoms with E-state index in [1.165, 1.54) is 12.8 Å². The smallest absolute Gasteiger partial charge is 0.0900 e. The maximum atomic E-state index is 9.99. The van der Waals surface area contributed by atoms with Crippen LogP contribution < -0.4 is 5.32 Å². The largest absolute Gasteiger partial charge is 0.389 e. The average Bonchev–Trinajstić information content (AvgIpc) is 2.49. The first-order chi connectivity index (χ1) is 10.3. The average molecular weight is 304 g/mol. The van der Waals surface area contributed by atoms with Gasteiger partial charge in [0.2, 0.25) is 0 Å². The van der Waals surface area contributed by atoms with Gasteiger partial charge in [0, 0.05) is 33.9 Å². The number of hydrogen-bond donors (Lipinski definition) is 2. The van der Waals surface area contributed by atoms with Crippen LogP contribution in [0.25, 0.3) is 0 Å². The summed E-state index contributed by atoms with van der Waals surface area (Å²) in [4.78, 5) is 2.34. The van der Waals surface area contributed by atoms with Crippen LogP contribution >= 0.6 is 0 Å². The topological polar surface area (TPSA) is 63.2 Å². The van der Waals surface area contributed by atoms with Gasteiger partial charge in [0.25, 0.3) is 0 Å². The Morgan fingerprint density at radius 2 is 2.05 bits per heavy atom. The van der Waals surface area contributed by atoms with Crippen molar-refractivity contribution in [2.75, 3.05) is 73.4 Å². The lowest BCUT2D eigenvalue weighted by Crippen LogP contribution is -2.44. The lowest BCUT2D eigenvalue weighted by atomic mass is 9.97. The van der Waals surface area contributed by atoms with Crippen molar-refractivity contribution in [3.05, 3.63) is 0 Å². The van der Waals surface area contributed by atoms with Crippen LogP contribution in [0.3, 0.4) is 0 Å². The SMILES string of the molecule is COCCNCC1CCCN(CC(O)COCCOC)C1. The number of methoxy groups -OCH3 is 2. The zero-order valence-corrected chi connectivity index (χ0v) is 13.6. The highest BCUT2D eigenvalue weighted by Crippen LogP contribution is 2.15. The molecule has 21 heavy (non-hydrogen) atoms. The summed E-state index contributed by atoms with van der Waals surface area (Å²) in [6.45, 7) is 7.01. The molecular weight excluding hydrogens is 272 g/mol. The molecule has 0 amide bonds. The third kappa shape index (κ3) is 9.39. The Morgan fingerprint density at radius 3 is 2.81 bits per heavy atom. The number of ether oxygens (including phenoxy) is 3. The number of piperidine rings is 1. The molecule has 126 valence electrons. The summed E-state index contributed by atoms with van der Waals surface area (Å²) in [6.07, 6.45) is 2.05. The van der Waals surface area contributed by atoms with Gasteiger partial charge in [-0.05, 0) is 31.8 Å². The Kier molecular flexibility index (Phi) is 11.0. The lowest BCUT2D eigenvalue weighted by Gasteiger charge is -2.34. The Hall–Kier alpha value is -0.240. The second-order valence-corrected chi connectivity index (χ2v) is 5.69. The second-order valence-electron chi connectivity index (χ2n) is 5.69. The van der Waals surface area contributed by atoms with E-state index in [0.717, 1.165) is 32.8 Å². The monoisotopic (exact) mass is 304 g/mol. The van der Waals surface area contributed by atoms with Gasteiger partial charge in [0.15, 0.2) is 0 Å². The normalized spacial score (nSPS) is 21.6. The molecule has 1 heterocycles. The number of aliphatic hydroxyl groups excluding tert-OH is 1. The van der Waals surface area contributed by atoms with Gasteiger partial charge < -0.3 is 29.5 Å². The Balaban J connectivity index is 2.10. The molecule has 0 bridgehead atoms. The number of rotatable bonds is 12. The molecule has 2 N–H and O–H groups in total. The van der Waals surface area contributed by atoms with Crippen molar-refractivity contribution in [2.45, 2.75) is 18.9 Å². The number of likely N-dealkylation sites (tertiary alicyclic amines) is 1. The van der Waals surface area contributed by atoms with Gasteiger partial charge in [-0.15, -0.1) is 0 Å². The van der Waals surface area contributed by atoms with E-state index in [-0.39, 0.29) is 0 Å². The summed E-state index contributed by atoms with van der Waals surface area (Å²) in [5.74, 6) is 0.664. The predicted octanol–water partition coefficient (Wildman–Crippen LogP) is -0.0417. The molecule has 0 radical (unpaired) electrons. The molecule has 0 aromatic carbocycles. The summed E-state index contributed by atoms with van der Waals surface area (Å²) in [6, 6.07) is 0. The third-order valence-electron chi connectivity index (χ3n) is 3.73. The van der Waals surface area contributed by atoms with E-state index in [1.54, 1.807) is 14.2 Å². The number of β-amino-alcohol motifs (C(OH)–C–C–N with tert-alkyl or cyclic N) is 1. The van der Waals surface area contributed by atoms with E-state index in [4.69, 9.17) is 14.2 Å². The second kappa shape index (κ2) is 12.3. The van der Waals surface area contributed by atoms with Crippen molar-refractivity contribution in [3.63, 3.8) is 0 Å². The van der Waals surface area contributed by atoms with Crippen LogP contribution in [0.2, 0.25) is 0 Å². The van der Waals surface area contributed by atoms with E-state index >= 15 is 0 Å². The van der Waals surface area contributed by atoms with Gasteiger partial charge in [0.05, 0.1) is 32.5 Å². The first-order valence-corrected chi connectivity index (χ1v) is 7.93. The quantitative estimate of drug-likeness (QED) is 0.493. The van der Waals surface area contributed by atoms with E-state index in [2.05, 4.69) is 10.2 Å². The van der Waals surface area contributed by atoms with Crippen molar-refractivity contribution < 1.29 is 19.3 Å². The van der Waals surface area contributed by atoms with Gasteiger partial charge in [-0.25, -0.2) is 0 Å². The van der Waals surface area contributed by atoms with Crippen LogP contribution in [0.1, 0.15) is 12.8 Å². The van der Waals surface area contributed by atoms with Gasteiger partial charge >= 0.3 is 0 Å². The standard InChI is InChI=1S/C15H32N2O4/c1-19-7-5-16-10-14-4-3-6-17(11-14)12-15(18)13-21-9-8-20-2/h14-16,18H,3-13H2,1-2H3. The van der Waals surface area contributed by atoms with E-state index in [0.29, 0.717) is 32.3 Å². The van der Waals surface area contributed by atoms with Gasteiger partial charge in [-0.1, -0.05) is 0 Å². The van der Waals surface area contributed by atoms with Crippen LogP contribution in [-0.2, 0) is 14.2 Å². The molecule has 1 saturated heterocycles. The molecule has 0 aliphatic carbocycles. The van der Waals surface area contributed by atoms with Crippen molar-refractivity contribution in [2.24, 2.45) is 5.92 Å². The maximum Gasteiger partial charge on any atom is 0.0900 e. The molecule has 1 fully saturated rings. The molecule has 6 nitrogen and oxygen atoms in total. The minimum atomic E-state index is -0.415. The molecule has 1 rings (SSSR count). The molecule has 1 aliphatic rings. The zero-order chi connectivity index (χ0) is 15.3. The molecule has 2 unspecified atom stereocenters. The summed E-state index contributed by atoms with van der Waals surface area (Å²) >= 11 is 0. The molecule has 0 spiro atoms. The van der Waals surface area contributed by atoms with Gasteiger partial charge in [-0.3, -0.25) is 0 Å². The van der Waals surface area contributed by atoms with Crippen LogP contribution in [-0.4, -0.2) is 89.5 Å². The maximum absolute atomic E-state index is 9.99. The minimum absolute atomic E-state index is 0.386.